The van der Waals surface area contributed by atoms with Crippen LogP contribution < -0.4 is 5.11 Å². The van der Waals surface area contributed by atoms with Crippen molar-refractivity contribution in [1.29, 1.82) is 0 Å². The topological polar surface area (TPSA) is 58.6 Å². The summed E-state index contributed by atoms with van der Waals surface area (Å²) in [5, 5.41) is 11.6. The van der Waals surface area contributed by atoms with Gasteiger partial charge in [0, 0.05) is 0 Å². The summed E-state index contributed by atoms with van der Waals surface area (Å²) in [6.45, 7) is 0.362. The summed E-state index contributed by atoms with van der Waals surface area (Å²) in [4.78, 5) is 11.6. The van der Waals surface area contributed by atoms with Crippen LogP contribution in [0.4, 0.5) is 0 Å². The summed E-state index contributed by atoms with van der Waals surface area (Å²) in [6.07, 6.45) is 3.95. The molecule has 0 spiro atoms. The van der Waals surface area contributed by atoms with Crippen molar-refractivity contribution in [2.24, 2.45) is 5.92 Å². The minimum atomic E-state index is -0.903. The number of aliphatic carboxylic acids is 1. The Bertz CT molecular complexity index is 330. The van der Waals surface area contributed by atoms with E-state index in [2.05, 4.69) is 0 Å². The second kappa shape index (κ2) is 5.23. The molecule has 1 saturated carbocycles. The van der Waals surface area contributed by atoms with Crippen molar-refractivity contribution in [2.45, 2.75) is 42.0 Å². The fraction of sp³-hybridized carbons (Fsp3) is 0.917. The first-order chi connectivity index (χ1) is 8.72. The zero-order chi connectivity index (χ0) is 12.6. The number of carboxylic acid groups (broad SMARTS) is 1. The normalized spacial score (nSPS) is 39.2. The van der Waals surface area contributed by atoms with E-state index in [0.717, 1.165) is 37.2 Å². The maximum atomic E-state index is 11.6. The predicted octanol–water partition coefficient (Wildman–Crippen LogP) is 0.844. The van der Waals surface area contributed by atoms with Crippen LogP contribution in [0.25, 0.3) is 0 Å². The standard InChI is InChI=1S/C12H18O4S2/c13-11(14)12(17-4-1-5-18-12)8-2-3-9-10(6-8)16-7-15-9/h8-10H,1-7H2,(H,13,14)/p-1/t8-,9-,10+/m0/s1. The zero-order valence-corrected chi connectivity index (χ0v) is 11.8. The molecular weight excluding hydrogens is 272 g/mol. The van der Waals surface area contributed by atoms with Gasteiger partial charge in [-0.2, -0.15) is 0 Å². The molecular formula is C12H17O4S2-. The summed E-state index contributed by atoms with van der Waals surface area (Å²) in [5.41, 5.74) is 0. The number of carbonyl (C=O) groups excluding carboxylic acids is 1. The van der Waals surface area contributed by atoms with Crippen molar-refractivity contribution in [3.63, 3.8) is 0 Å². The Morgan fingerprint density at radius 3 is 2.61 bits per heavy atom. The van der Waals surface area contributed by atoms with E-state index in [1.807, 2.05) is 0 Å². The number of fused-ring (bicyclic) bond motifs is 1. The van der Waals surface area contributed by atoms with Crippen molar-refractivity contribution in [3.05, 3.63) is 0 Å². The van der Waals surface area contributed by atoms with Crippen LogP contribution in [0.2, 0.25) is 0 Å². The SMILES string of the molecule is O=C([O-])C1([C@H]2CC[C@@H]3OCO[C@@H]3C2)SCCCS1. The molecule has 3 fully saturated rings. The Labute approximate surface area is 115 Å². The van der Waals surface area contributed by atoms with Gasteiger partial charge in [0.15, 0.2) is 0 Å². The molecule has 3 rings (SSSR count). The lowest BCUT2D eigenvalue weighted by Gasteiger charge is -2.46. The Kier molecular flexibility index (Phi) is 3.80. The molecule has 0 bridgehead atoms. The third kappa shape index (κ3) is 2.17. The molecule has 2 heterocycles. The number of ether oxygens (including phenoxy) is 2. The maximum absolute atomic E-state index is 11.6. The summed E-state index contributed by atoms with van der Waals surface area (Å²) in [6, 6.07) is 0. The zero-order valence-electron chi connectivity index (χ0n) is 10.1. The van der Waals surface area contributed by atoms with Crippen LogP contribution in [0, 0.1) is 5.92 Å². The van der Waals surface area contributed by atoms with E-state index in [1.165, 1.54) is 0 Å². The van der Waals surface area contributed by atoms with Gasteiger partial charge in [0.05, 0.1) is 18.2 Å². The molecule has 3 atom stereocenters. The minimum absolute atomic E-state index is 0.0862. The molecule has 18 heavy (non-hydrogen) atoms. The molecule has 102 valence electrons. The van der Waals surface area contributed by atoms with Crippen molar-refractivity contribution >= 4 is 29.5 Å². The molecule has 2 aliphatic heterocycles. The molecule has 0 unspecified atom stereocenters. The van der Waals surface area contributed by atoms with Crippen molar-refractivity contribution in [1.82, 2.24) is 0 Å². The molecule has 6 heteroatoms. The summed E-state index contributed by atoms with van der Waals surface area (Å²) >= 11 is 3.13. The largest absolute Gasteiger partial charge is 0.548 e. The fourth-order valence-corrected chi connectivity index (χ4v) is 6.43. The van der Waals surface area contributed by atoms with Gasteiger partial charge in [-0.1, -0.05) is 0 Å². The number of carboxylic acids is 1. The van der Waals surface area contributed by atoms with Gasteiger partial charge in [0.2, 0.25) is 0 Å². The highest BCUT2D eigenvalue weighted by Gasteiger charge is 2.48. The highest BCUT2D eigenvalue weighted by Crippen LogP contribution is 2.52. The molecule has 0 aromatic heterocycles. The second-order valence-electron chi connectivity index (χ2n) is 5.04. The molecule has 2 saturated heterocycles. The molecule has 0 aromatic carbocycles. The molecule has 4 nitrogen and oxygen atoms in total. The smallest absolute Gasteiger partial charge is 0.147 e. The van der Waals surface area contributed by atoms with E-state index in [-0.39, 0.29) is 18.1 Å². The Balaban J connectivity index is 1.76. The average Bonchev–Trinajstić information content (AvgIpc) is 2.86. The van der Waals surface area contributed by atoms with Crippen molar-refractivity contribution in [2.75, 3.05) is 18.3 Å². The fourth-order valence-electron chi connectivity index (χ4n) is 3.10. The van der Waals surface area contributed by atoms with E-state index >= 15 is 0 Å². The highest BCUT2D eigenvalue weighted by atomic mass is 32.2. The molecule has 0 aromatic rings. The molecule has 0 N–H and O–H groups in total. The Morgan fingerprint density at radius 1 is 1.17 bits per heavy atom. The van der Waals surface area contributed by atoms with E-state index in [4.69, 9.17) is 9.47 Å². The van der Waals surface area contributed by atoms with E-state index in [1.54, 1.807) is 23.5 Å². The van der Waals surface area contributed by atoms with Gasteiger partial charge in [-0.15, -0.1) is 23.5 Å². The van der Waals surface area contributed by atoms with E-state index < -0.39 is 10.0 Å². The number of hydrogen-bond donors (Lipinski definition) is 0. The Morgan fingerprint density at radius 2 is 1.89 bits per heavy atom. The maximum Gasteiger partial charge on any atom is 0.147 e. The third-order valence-corrected chi connectivity index (χ3v) is 7.59. The number of hydrogen-bond acceptors (Lipinski definition) is 6. The molecule has 1 aliphatic carbocycles. The third-order valence-electron chi connectivity index (χ3n) is 4.04. The van der Waals surface area contributed by atoms with Crippen molar-refractivity contribution in [3.8, 4) is 0 Å². The van der Waals surface area contributed by atoms with Crippen LogP contribution in [0.1, 0.15) is 25.7 Å². The van der Waals surface area contributed by atoms with Crippen LogP contribution in [0.15, 0.2) is 0 Å². The van der Waals surface area contributed by atoms with Gasteiger partial charge >= 0.3 is 0 Å². The van der Waals surface area contributed by atoms with Crippen molar-refractivity contribution < 1.29 is 19.4 Å². The van der Waals surface area contributed by atoms with Crippen LogP contribution in [-0.2, 0) is 14.3 Å². The van der Waals surface area contributed by atoms with Crippen LogP contribution >= 0.6 is 23.5 Å². The van der Waals surface area contributed by atoms with Gasteiger partial charge in [-0.05, 0) is 43.1 Å². The molecule has 3 aliphatic rings. The monoisotopic (exact) mass is 289 g/mol. The first-order valence-electron chi connectivity index (χ1n) is 6.45. The molecule has 0 radical (unpaired) electrons. The van der Waals surface area contributed by atoms with Gasteiger partial charge in [-0.25, -0.2) is 0 Å². The van der Waals surface area contributed by atoms with E-state index in [0.29, 0.717) is 6.79 Å². The van der Waals surface area contributed by atoms with Gasteiger partial charge < -0.3 is 19.4 Å². The van der Waals surface area contributed by atoms with Gasteiger partial charge in [0.1, 0.15) is 10.9 Å². The number of carbonyl (C=O) groups is 1. The first kappa shape index (κ1) is 13.1. The number of rotatable bonds is 2. The summed E-state index contributed by atoms with van der Waals surface area (Å²) in [7, 11) is 0. The van der Waals surface area contributed by atoms with Crippen LogP contribution in [0.3, 0.4) is 0 Å². The quantitative estimate of drug-likeness (QED) is 0.751. The minimum Gasteiger partial charge on any atom is -0.548 e. The van der Waals surface area contributed by atoms with E-state index in [9.17, 15) is 9.90 Å². The van der Waals surface area contributed by atoms with Crippen LogP contribution in [-0.4, -0.2) is 40.6 Å². The summed E-state index contributed by atoms with van der Waals surface area (Å²) < 4.78 is 10.3. The second-order valence-corrected chi connectivity index (χ2v) is 7.98. The lowest BCUT2D eigenvalue weighted by atomic mass is 9.83. The molecule has 0 amide bonds. The highest BCUT2D eigenvalue weighted by molar-refractivity contribution is 8.19. The lowest BCUT2D eigenvalue weighted by Crippen LogP contribution is -2.52. The summed E-state index contributed by atoms with van der Waals surface area (Å²) in [5.74, 6) is 1.08. The lowest BCUT2D eigenvalue weighted by molar-refractivity contribution is -0.307. The first-order valence-corrected chi connectivity index (χ1v) is 8.42. The van der Waals surface area contributed by atoms with Gasteiger partial charge in [-0.3, -0.25) is 0 Å². The predicted molar refractivity (Wildman–Crippen MR) is 69.2 cm³/mol. The number of thioether (sulfide) groups is 2. The van der Waals surface area contributed by atoms with Gasteiger partial charge in [0.25, 0.3) is 0 Å². The average molecular weight is 289 g/mol. The Hall–Kier alpha value is 0.0900. The van der Waals surface area contributed by atoms with Crippen LogP contribution in [0.5, 0.6) is 0 Å².